The van der Waals surface area contributed by atoms with Gasteiger partial charge in [0.05, 0.1) is 12.0 Å². The summed E-state index contributed by atoms with van der Waals surface area (Å²) in [6, 6.07) is 6.80. The smallest absolute Gasteiger partial charge is 0.251 e. The van der Waals surface area contributed by atoms with Crippen LogP contribution in [-0.2, 0) is 14.3 Å². The molecule has 2 atom stereocenters. The summed E-state index contributed by atoms with van der Waals surface area (Å²) in [6.45, 7) is 4.56. The molecule has 152 valence electrons. The second-order valence-electron chi connectivity index (χ2n) is 7.51. The first-order chi connectivity index (χ1) is 13.6. The van der Waals surface area contributed by atoms with Gasteiger partial charge in [0.25, 0.3) is 5.91 Å². The van der Waals surface area contributed by atoms with E-state index in [1.54, 1.807) is 29.2 Å². The predicted molar refractivity (Wildman–Crippen MR) is 106 cm³/mol. The summed E-state index contributed by atoms with van der Waals surface area (Å²) in [6.07, 6.45) is 4.36. The monoisotopic (exact) mass is 387 g/mol. The molecule has 0 aromatic heterocycles. The van der Waals surface area contributed by atoms with E-state index in [9.17, 15) is 14.4 Å². The minimum Gasteiger partial charge on any atom is -0.376 e. The summed E-state index contributed by atoms with van der Waals surface area (Å²) in [5, 5.41) is 5.73. The number of ether oxygens (including phenoxy) is 1. The van der Waals surface area contributed by atoms with Crippen molar-refractivity contribution in [3.63, 3.8) is 0 Å². The Kier molecular flexibility index (Phi) is 7.03. The van der Waals surface area contributed by atoms with Crippen LogP contribution in [0.15, 0.2) is 24.3 Å². The first-order valence-corrected chi connectivity index (χ1v) is 10.2. The van der Waals surface area contributed by atoms with Gasteiger partial charge < -0.3 is 20.3 Å². The van der Waals surface area contributed by atoms with Crippen LogP contribution in [0.4, 0.5) is 5.69 Å². The lowest BCUT2D eigenvalue weighted by molar-refractivity contribution is -0.128. The van der Waals surface area contributed by atoms with E-state index < -0.39 is 0 Å². The Morgan fingerprint density at radius 1 is 1.25 bits per heavy atom. The zero-order valence-electron chi connectivity index (χ0n) is 16.4. The number of likely N-dealkylation sites (tertiary alicyclic amines) is 1. The van der Waals surface area contributed by atoms with Crippen molar-refractivity contribution in [2.24, 2.45) is 5.92 Å². The SMILES string of the molecule is CCCCN1C[C@@H](C(=O)Nc2ccc(C(=O)NC[C@H]3CCCO3)cc2)CC1=O. The van der Waals surface area contributed by atoms with E-state index in [-0.39, 0.29) is 36.2 Å². The Morgan fingerprint density at radius 2 is 2.04 bits per heavy atom. The van der Waals surface area contributed by atoms with Gasteiger partial charge in [-0.2, -0.15) is 0 Å². The number of hydrogen-bond acceptors (Lipinski definition) is 4. The number of nitrogens with zero attached hydrogens (tertiary/aromatic N) is 1. The highest BCUT2D eigenvalue weighted by Gasteiger charge is 2.33. The number of carbonyl (C=O) groups is 3. The van der Waals surface area contributed by atoms with Gasteiger partial charge in [0, 0.05) is 43.9 Å². The highest BCUT2D eigenvalue weighted by atomic mass is 16.5. The molecule has 0 spiro atoms. The summed E-state index contributed by atoms with van der Waals surface area (Å²) < 4.78 is 5.50. The quantitative estimate of drug-likeness (QED) is 0.716. The Balaban J connectivity index is 1.47. The molecule has 0 saturated carbocycles. The standard InChI is InChI=1S/C21H29N3O4/c1-2-3-10-24-14-16(12-19(24)25)21(27)23-17-8-6-15(7-9-17)20(26)22-13-18-5-4-11-28-18/h6-9,16,18H,2-5,10-14H2,1H3,(H,22,26)(H,23,27)/t16-,18+/m0/s1. The number of amides is 3. The van der Waals surface area contributed by atoms with Crippen molar-refractivity contribution in [1.29, 1.82) is 0 Å². The van der Waals surface area contributed by atoms with Crippen LogP contribution < -0.4 is 10.6 Å². The molecule has 1 aromatic rings. The fourth-order valence-electron chi connectivity index (χ4n) is 3.58. The van der Waals surface area contributed by atoms with Crippen molar-refractivity contribution in [3.05, 3.63) is 29.8 Å². The highest BCUT2D eigenvalue weighted by molar-refractivity contribution is 5.98. The Bertz CT molecular complexity index is 698. The van der Waals surface area contributed by atoms with Gasteiger partial charge in [-0.15, -0.1) is 0 Å². The molecule has 2 fully saturated rings. The number of nitrogens with one attached hydrogen (secondary N) is 2. The molecule has 7 nitrogen and oxygen atoms in total. The maximum absolute atomic E-state index is 12.5. The summed E-state index contributed by atoms with van der Waals surface area (Å²) in [5.41, 5.74) is 1.16. The number of anilines is 1. The third kappa shape index (κ3) is 5.32. The number of rotatable bonds is 8. The fraction of sp³-hybridized carbons (Fsp3) is 0.571. The molecule has 0 radical (unpaired) electrons. The van der Waals surface area contributed by atoms with Crippen molar-refractivity contribution >= 4 is 23.4 Å². The fourth-order valence-corrected chi connectivity index (χ4v) is 3.58. The molecular weight excluding hydrogens is 358 g/mol. The molecule has 0 bridgehead atoms. The summed E-state index contributed by atoms with van der Waals surface area (Å²) in [4.78, 5) is 38.5. The van der Waals surface area contributed by atoms with Gasteiger partial charge in [-0.25, -0.2) is 0 Å². The second kappa shape index (κ2) is 9.68. The number of unbranched alkanes of at least 4 members (excludes halogenated alkanes) is 1. The zero-order valence-corrected chi connectivity index (χ0v) is 16.4. The van der Waals surface area contributed by atoms with Crippen LogP contribution in [0, 0.1) is 5.92 Å². The highest BCUT2D eigenvalue weighted by Crippen LogP contribution is 2.21. The largest absolute Gasteiger partial charge is 0.376 e. The predicted octanol–water partition coefficient (Wildman–Crippen LogP) is 2.18. The van der Waals surface area contributed by atoms with E-state index in [1.807, 2.05) is 0 Å². The van der Waals surface area contributed by atoms with E-state index in [0.29, 0.717) is 24.3 Å². The Morgan fingerprint density at radius 3 is 2.71 bits per heavy atom. The zero-order chi connectivity index (χ0) is 19.9. The Hall–Kier alpha value is -2.41. The molecule has 2 aliphatic heterocycles. The van der Waals surface area contributed by atoms with E-state index >= 15 is 0 Å². The van der Waals surface area contributed by atoms with Crippen molar-refractivity contribution in [2.45, 2.75) is 45.1 Å². The van der Waals surface area contributed by atoms with Crippen molar-refractivity contribution < 1.29 is 19.1 Å². The lowest BCUT2D eigenvalue weighted by Crippen LogP contribution is -2.31. The van der Waals surface area contributed by atoms with Gasteiger partial charge in [0.1, 0.15) is 0 Å². The summed E-state index contributed by atoms with van der Waals surface area (Å²) in [5.74, 6) is -0.574. The molecule has 2 aliphatic rings. The van der Waals surface area contributed by atoms with Gasteiger partial charge in [-0.3, -0.25) is 14.4 Å². The minimum absolute atomic E-state index is 0.0480. The molecule has 2 saturated heterocycles. The number of benzene rings is 1. The van der Waals surface area contributed by atoms with E-state index in [1.165, 1.54) is 0 Å². The van der Waals surface area contributed by atoms with Crippen LogP contribution in [0.2, 0.25) is 0 Å². The van der Waals surface area contributed by atoms with Crippen LogP contribution in [0.25, 0.3) is 0 Å². The molecule has 1 aromatic carbocycles. The Labute approximate surface area is 165 Å². The molecule has 0 unspecified atom stereocenters. The molecular formula is C21H29N3O4. The molecule has 2 heterocycles. The molecule has 7 heteroatoms. The first kappa shape index (κ1) is 20.3. The summed E-state index contributed by atoms with van der Waals surface area (Å²) >= 11 is 0. The normalized spacial score (nSPS) is 21.8. The molecule has 3 rings (SSSR count). The van der Waals surface area contributed by atoms with Gasteiger partial charge in [-0.1, -0.05) is 13.3 Å². The average molecular weight is 387 g/mol. The maximum atomic E-state index is 12.5. The van der Waals surface area contributed by atoms with Crippen LogP contribution >= 0.6 is 0 Å². The van der Waals surface area contributed by atoms with Gasteiger partial charge in [0.2, 0.25) is 11.8 Å². The van der Waals surface area contributed by atoms with E-state index in [0.717, 1.165) is 38.8 Å². The minimum atomic E-state index is -0.321. The molecule has 3 amide bonds. The van der Waals surface area contributed by atoms with Crippen molar-refractivity contribution in [1.82, 2.24) is 10.2 Å². The average Bonchev–Trinajstić information content (AvgIpc) is 3.34. The van der Waals surface area contributed by atoms with Crippen LogP contribution in [0.1, 0.15) is 49.4 Å². The molecule has 2 N–H and O–H groups in total. The third-order valence-corrected chi connectivity index (χ3v) is 5.30. The van der Waals surface area contributed by atoms with Crippen molar-refractivity contribution in [3.8, 4) is 0 Å². The number of hydrogen-bond donors (Lipinski definition) is 2. The van der Waals surface area contributed by atoms with Crippen LogP contribution in [-0.4, -0.2) is 55.0 Å². The lowest BCUT2D eigenvalue weighted by Gasteiger charge is -2.16. The maximum Gasteiger partial charge on any atom is 0.251 e. The summed E-state index contributed by atoms with van der Waals surface area (Å²) in [7, 11) is 0. The molecule has 28 heavy (non-hydrogen) atoms. The number of carbonyl (C=O) groups excluding carboxylic acids is 3. The van der Waals surface area contributed by atoms with Crippen LogP contribution in [0.5, 0.6) is 0 Å². The first-order valence-electron chi connectivity index (χ1n) is 10.2. The van der Waals surface area contributed by atoms with Gasteiger partial charge in [-0.05, 0) is 43.5 Å². The van der Waals surface area contributed by atoms with Gasteiger partial charge in [0.15, 0.2) is 0 Å². The van der Waals surface area contributed by atoms with E-state index in [2.05, 4.69) is 17.6 Å². The van der Waals surface area contributed by atoms with Crippen molar-refractivity contribution in [2.75, 3.05) is 31.6 Å². The van der Waals surface area contributed by atoms with E-state index in [4.69, 9.17) is 4.74 Å². The second-order valence-corrected chi connectivity index (χ2v) is 7.51. The van der Waals surface area contributed by atoms with Gasteiger partial charge >= 0.3 is 0 Å². The van der Waals surface area contributed by atoms with Crippen LogP contribution in [0.3, 0.4) is 0 Å². The topological polar surface area (TPSA) is 87.7 Å². The lowest BCUT2D eigenvalue weighted by atomic mass is 10.1. The third-order valence-electron chi connectivity index (χ3n) is 5.30. The molecule has 0 aliphatic carbocycles.